The zero-order valence-corrected chi connectivity index (χ0v) is 20.0. The van der Waals surface area contributed by atoms with Crippen LogP contribution < -0.4 is 0 Å². The molecule has 0 radical (unpaired) electrons. The predicted octanol–water partition coefficient (Wildman–Crippen LogP) is 3.02. The summed E-state index contributed by atoms with van der Waals surface area (Å²) >= 11 is 0. The van der Waals surface area contributed by atoms with E-state index < -0.39 is 57.8 Å². The minimum absolute atomic E-state index is 0.0475. The van der Waals surface area contributed by atoms with Crippen molar-refractivity contribution in [3.63, 3.8) is 0 Å². The molecule has 9 nitrogen and oxygen atoms in total. The second kappa shape index (κ2) is 8.09. The number of carbonyl (C=O) groups is 3. The summed E-state index contributed by atoms with van der Waals surface area (Å²) in [4.78, 5) is 47.9. The number of aliphatic hydroxyl groups excluding tert-OH is 2. The van der Waals surface area contributed by atoms with Crippen LogP contribution in [0.3, 0.4) is 0 Å². The summed E-state index contributed by atoms with van der Waals surface area (Å²) in [7, 11) is 0. The van der Waals surface area contributed by atoms with Crippen LogP contribution in [0, 0.1) is 23.7 Å². The molecule has 1 aromatic carbocycles. The number of aromatic hydroxyl groups is 1. The fraction of sp³-hybridized carbons (Fsp3) is 0.370. The number of phenolic OH excluding ortho intramolecular Hbond substituents is 1. The molecule has 0 fully saturated rings. The molecule has 186 valence electrons. The van der Waals surface area contributed by atoms with Crippen molar-refractivity contribution in [2.24, 2.45) is 23.7 Å². The first-order valence-electron chi connectivity index (χ1n) is 11.8. The first kappa shape index (κ1) is 23.9. The topological polar surface area (TPSA) is 158 Å². The lowest BCUT2D eigenvalue weighted by Gasteiger charge is -2.50. The summed E-state index contributed by atoms with van der Waals surface area (Å²) in [6, 6.07) is 4.62. The summed E-state index contributed by atoms with van der Waals surface area (Å²) in [6.45, 7) is 4.68. The van der Waals surface area contributed by atoms with Gasteiger partial charge in [0, 0.05) is 35.4 Å². The second-order valence-corrected chi connectivity index (χ2v) is 10.1. The number of Topliss-reactive ketones (excluding diaryl/α,β-unsaturated/α-hetero) is 3. The molecule has 0 saturated heterocycles. The van der Waals surface area contributed by atoms with E-state index in [0.29, 0.717) is 17.0 Å². The summed E-state index contributed by atoms with van der Waals surface area (Å²) in [5, 5.41) is 44.6. The number of hydrogen-bond acceptors (Lipinski definition) is 9. The summed E-state index contributed by atoms with van der Waals surface area (Å²) in [5.74, 6) is -6.38. The van der Waals surface area contributed by atoms with Crippen molar-refractivity contribution in [1.82, 2.24) is 9.97 Å². The van der Waals surface area contributed by atoms with Crippen LogP contribution in [0.25, 0.3) is 11.4 Å². The van der Waals surface area contributed by atoms with Crippen molar-refractivity contribution in [2.45, 2.75) is 39.2 Å². The Morgan fingerprint density at radius 3 is 2.39 bits per heavy atom. The number of aromatic nitrogens is 2. The molecule has 4 N–H and O–H groups in total. The molecule has 0 spiro atoms. The lowest BCUT2D eigenvalue weighted by atomic mass is 9.55. The largest absolute Gasteiger partial charge is 0.511 e. The van der Waals surface area contributed by atoms with Crippen molar-refractivity contribution in [1.29, 1.82) is 0 Å². The average Bonchev–Trinajstić information content (AvgIpc) is 2.81. The molecule has 1 heterocycles. The Bertz CT molecular complexity index is 1390. The molecule has 5 rings (SSSR count). The number of ketones is 3. The molecule has 9 heteroatoms. The number of hydrogen-bond donors (Lipinski definition) is 4. The van der Waals surface area contributed by atoms with Crippen LogP contribution in [0.15, 0.2) is 53.3 Å². The highest BCUT2D eigenvalue weighted by molar-refractivity contribution is 6.25. The maximum Gasteiger partial charge on any atom is 0.209 e. The molecule has 4 atom stereocenters. The molecule has 3 aliphatic carbocycles. The predicted molar refractivity (Wildman–Crippen MR) is 127 cm³/mol. The van der Waals surface area contributed by atoms with Gasteiger partial charge in [-0.2, -0.15) is 0 Å². The molecule has 2 aromatic rings. The van der Waals surface area contributed by atoms with Crippen LogP contribution >= 0.6 is 0 Å². The Kier molecular flexibility index (Phi) is 5.37. The third-order valence-electron chi connectivity index (χ3n) is 7.77. The van der Waals surface area contributed by atoms with Crippen molar-refractivity contribution in [3.8, 4) is 17.1 Å². The van der Waals surface area contributed by atoms with Crippen LogP contribution in [0.1, 0.15) is 43.1 Å². The Morgan fingerprint density at radius 2 is 1.78 bits per heavy atom. The third-order valence-corrected chi connectivity index (χ3v) is 7.77. The fourth-order valence-electron chi connectivity index (χ4n) is 6.24. The van der Waals surface area contributed by atoms with E-state index in [2.05, 4.69) is 9.97 Å². The van der Waals surface area contributed by atoms with Gasteiger partial charge in [0.2, 0.25) is 5.78 Å². The number of benzene rings is 1. The fourth-order valence-corrected chi connectivity index (χ4v) is 6.24. The molecule has 1 aromatic heterocycles. The molecule has 36 heavy (non-hydrogen) atoms. The smallest absolute Gasteiger partial charge is 0.209 e. The van der Waals surface area contributed by atoms with Crippen LogP contribution in [0.4, 0.5) is 0 Å². The van der Waals surface area contributed by atoms with E-state index in [1.807, 2.05) is 0 Å². The number of allylic oxidation sites excluding steroid dienone is 2. The van der Waals surface area contributed by atoms with Crippen molar-refractivity contribution >= 4 is 17.3 Å². The molecule has 0 saturated carbocycles. The number of nitrogens with zero attached hydrogens (tertiary/aromatic N) is 2. The van der Waals surface area contributed by atoms with Gasteiger partial charge in [-0.15, -0.1) is 0 Å². The lowest BCUT2D eigenvalue weighted by Crippen LogP contribution is -2.60. The highest BCUT2D eigenvalue weighted by atomic mass is 16.3. The monoisotopic (exact) mass is 490 g/mol. The van der Waals surface area contributed by atoms with Crippen molar-refractivity contribution < 1.29 is 34.8 Å². The van der Waals surface area contributed by atoms with Crippen molar-refractivity contribution in [2.75, 3.05) is 0 Å². The van der Waals surface area contributed by atoms with Crippen LogP contribution in [-0.4, -0.2) is 53.3 Å². The van der Waals surface area contributed by atoms with Gasteiger partial charge in [-0.05, 0) is 55.4 Å². The normalized spacial score (nSPS) is 27.6. The Morgan fingerprint density at radius 1 is 1.11 bits per heavy atom. The maximum atomic E-state index is 13.7. The summed E-state index contributed by atoms with van der Waals surface area (Å²) < 4.78 is 0. The quantitative estimate of drug-likeness (QED) is 0.475. The van der Waals surface area contributed by atoms with Gasteiger partial charge in [0.05, 0.1) is 5.56 Å². The van der Waals surface area contributed by atoms with Gasteiger partial charge in [0.15, 0.2) is 23.0 Å². The van der Waals surface area contributed by atoms with E-state index in [1.54, 1.807) is 38.4 Å². The number of aliphatic hydroxyl groups is 3. The standard InChI is InChI=1S/C27H26N2O7/c1-11(2)18-16-10-13-9-15-14(26-28-7-4-8-29-26)5-6-17(31)21(15)23(33)20(13)25(35)27(16,36)24(34)19(12(3)30)22(18)32/h4-8,11,13,16,18,31-32,35-36H,9-10H2,1-3H3/t13-,16-,18?,27+/m1/s1. The first-order valence-corrected chi connectivity index (χ1v) is 11.8. The van der Waals surface area contributed by atoms with E-state index >= 15 is 0 Å². The third kappa shape index (κ3) is 3.08. The highest BCUT2D eigenvalue weighted by Crippen LogP contribution is 2.55. The lowest BCUT2D eigenvalue weighted by molar-refractivity contribution is -0.149. The second-order valence-electron chi connectivity index (χ2n) is 10.1. The molecular formula is C27H26N2O7. The highest BCUT2D eigenvalue weighted by Gasteiger charge is 2.62. The van der Waals surface area contributed by atoms with Gasteiger partial charge in [0.25, 0.3) is 0 Å². The molecule has 3 aliphatic rings. The maximum absolute atomic E-state index is 13.7. The van der Waals surface area contributed by atoms with Crippen LogP contribution in [0.2, 0.25) is 0 Å². The Balaban J connectivity index is 1.73. The average molecular weight is 491 g/mol. The van der Waals surface area contributed by atoms with Crippen LogP contribution in [0.5, 0.6) is 5.75 Å². The van der Waals surface area contributed by atoms with Gasteiger partial charge in [-0.1, -0.05) is 13.8 Å². The minimum atomic E-state index is -2.54. The van der Waals surface area contributed by atoms with E-state index in [-0.39, 0.29) is 35.6 Å². The van der Waals surface area contributed by atoms with E-state index in [0.717, 1.165) is 6.92 Å². The molecular weight excluding hydrogens is 464 g/mol. The Hall–Kier alpha value is -3.85. The molecule has 0 bridgehead atoms. The molecule has 0 aliphatic heterocycles. The Labute approximate surface area is 206 Å². The first-order chi connectivity index (χ1) is 17.0. The zero-order chi connectivity index (χ0) is 26.1. The van der Waals surface area contributed by atoms with E-state index in [1.165, 1.54) is 6.07 Å². The number of carbonyl (C=O) groups excluding carboxylic acids is 3. The van der Waals surface area contributed by atoms with E-state index in [9.17, 15) is 34.8 Å². The number of phenols is 1. The van der Waals surface area contributed by atoms with Crippen molar-refractivity contribution in [3.05, 3.63) is 64.4 Å². The van der Waals surface area contributed by atoms with Gasteiger partial charge in [0.1, 0.15) is 22.8 Å². The minimum Gasteiger partial charge on any atom is -0.511 e. The van der Waals surface area contributed by atoms with E-state index in [4.69, 9.17) is 0 Å². The van der Waals surface area contributed by atoms with Gasteiger partial charge in [-0.3, -0.25) is 14.4 Å². The molecule has 1 unspecified atom stereocenters. The zero-order valence-electron chi connectivity index (χ0n) is 20.0. The van der Waals surface area contributed by atoms with Gasteiger partial charge < -0.3 is 20.4 Å². The number of rotatable bonds is 3. The summed E-state index contributed by atoms with van der Waals surface area (Å²) in [6.07, 6.45) is 3.42. The molecule has 0 amide bonds. The van der Waals surface area contributed by atoms with Crippen LogP contribution in [-0.2, 0) is 16.0 Å². The van der Waals surface area contributed by atoms with Gasteiger partial charge >= 0.3 is 0 Å². The SMILES string of the molecule is CC(=O)C1=C(O)C(C(C)C)[C@H]2C[C@H]3Cc4c(-c5ncccn5)ccc(O)c4C(=O)C3=C(O)[C@@]2(O)C1=O. The van der Waals surface area contributed by atoms with Gasteiger partial charge in [-0.25, -0.2) is 9.97 Å². The number of fused-ring (bicyclic) bond motifs is 3. The summed E-state index contributed by atoms with van der Waals surface area (Å²) in [5.41, 5.74) is -2.26.